The molecular weight excluding hydrogens is 230 g/mol. The molecule has 0 unspecified atom stereocenters. The van der Waals surface area contributed by atoms with Crippen molar-refractivity contribution in [1.29, 1.82) is 0 Å². The first-order valence-electron chi connectivity index (χ1n) is 5.57. The van der Waals surface area contributed by atoms with Crippen LogP contribution in [0.15, 0.2) is 36.4 Å². The zero-order chi connectivity index (χ0) is 13.1. The van der Waals surface area contributed by atoms with Crippen molar-refractivity contribution in [2.24, 2.45) is 0 Å². The van der Waals surface area contributed by atoms with Crippen molar-refractivity contribution in [3.63, 3.8) is 0 Å². The standard InChI is InChI=1S/C14H13NO3/c1-9(16)15-8-10-6-11-4-2-3-5-12(11)13(7-10)14(17)18/h2-7H,8H2,1H3,(H,15,16)(H,17,18). The van der Waals surface area contributed by atoms with Gasteiger partial charge < -0.3 is 10.4 Å². The van der Waals surface area contributed by atoms with Crippen LogP contribution in [-0.2, 0) is 11.3 Å². The number of carboxylic acids is 1. The third-order valence-electron chi connectivity index (χ3n) is 2.69. The average molecular weight is 243 g/mol. The minimum absolute atomic E-state index is 0.139. The summed E-state index contributed by atoms with van der Waals surface area (Å²) in [5, 5.41) is 13.4. The van der Waals surface area contributed by atoms with Gasteiger partial charge in [0.15, 0.2) is 0 Å². The number of amides is 1. The lowest BCUT2D eigenvalue weighted by Crippen LogP contribution is -2.19. The highest BCUT2D eigenvalue weighted by Gasteiger charge is 2.10. The Morgan fingerprint density at radius 3 is 2.61 bits per heavy atom. The third kappa shape index (κ3) is 2.48. The Morgan fingerprint density at radius 2 is 1.94 bits per heavy atom. The summed E-state index contributed by atoms with van der Waals surface area (Å²) in [5.74, 6) is -1.10. The second-order valence-electron chi connectivity index (χ2n) is 4.08. The largest absolute Gasteiger partial charge is 0.478 e. The fourth-order valence-electron chi connectivity index (χ4n) is 1.88. The number of carbonyl (C=O) groups excluding carboxylic acids is 1. The van der Waals surface area contributed by atoms with E-state index in [2.05, 4.69) is 5.32 Å². The second kappa shape index (κ2) is 4.87. The van der Waals surface area contributed by atoms with Gasteiger partial charge in [0.1, 0.15) is 0 Å². The van der Waals surface area contributed by atoms with E-state index in [0.717, 1.165) is 10.9 Å². The molecule has 0 atom stereocenters. The SMILES string of the molecule is CC(=O)NCc1cc(C(=O)O)c2ccccc2c1. The molecule has 0 aliphatic heterocycles. The maximum atomic E-state index is 11.2. The van der Waals surface area contributed by atoms with Crippen LogP contribution in [-0.4, -0.2) is 17.0 Å². The lowest BCUT2D eigenvalue weighted by atomic mass is 10.0. The quantitative estimate of drug-likeness (QED) is 0.868. The molecule has 0 fully saturated rings. The first-order chi connectivity index (χ1) is 8.58. The Morgan fingerprint density at radius 1 is 1.22 bits per heavy atom. The van der Waals surface area contributed by atoms with Gasteiger partial charge in [-0.05, 0) is 28.5 Å². The van der Waals surface area contributed by atoms with E-state index >= 15 is 0 Å². The summed E-state index contributed by atoms with van der Waals surface area (Å²) in [7, 11) is 0. The van der Waals surface area contributed by atoms with Gasteiger partial charge in [-0.25, -0.2) is 4.79 Å². The van der Waals surface area contributed by atoms with Gasteiger partial charge in [0.2, 0.25) is 5.91 Å². The number of nitrogens with one attached hydrogen (secondary N) is 1. The van der Waals surface area contributed by atoms with Crippen LogP contribution in [0.3, 0.4) is 0 Å². The van der Waals surface area contributed by atoms with E-state index in [1.54, 1.807) is 12.1 Å². The van der Waals surface area contributed by atoms with Crippen LogP contribution in [0.2, 0.25) is 0 Å². The maximum absolute atomic E-state index is 11.2. The normalized spacial score (nSPS) is 10.3. The lowest BCUT2D eigenvalue weighted by molar-refractivity contribution is -0.119. The number of fused-ring (bicyclic) bond motifs is 1. The van der Waals surface area contributed by atoms with E-state index < -0.39 is 5.97 Å². The van der Waals surface area contributed by atoms with Crippen molar-refractivity contribution in [2.45, 2.75) is 13.5 Å². The predicted molar refractivity (Wildman–Crippen MR) is 68.4 cm³/mol. The van der Waals surface area contributed by atoms with Crippen molar-refractivity contribution in [2.75, 3.05) is 0 Å². The first kappa shape index (κ1) is 12.1. The van der Waals surface area contributed by atoms with Gasteiger partial charge in [-0.15, -0.1) is 0 Å². The molecule has 0 aromatic heterocycles. The molecule has 0 bridgehead atoms. The van der Waals surface area contributed by atoms with Gasteiger partial charge in [0.25, 0.3) is 0 Å². The molecular formula is C14H13NO3. The third-order valence-corrected chi connectivity index (χ3v) is 2.69. The topological polar surface area (TPSA) is 66.4 Å². The van der Waals surface area contributed by atoms with Gasteiger partial charge >= 0.3 is 5.97 Å². The molecule has 2 N–H and O–H groups in total. The molecule has 92 valence electrons. The molecule has 0 aliphatic rings. The molecule has 4 heteroatoms. The van der Waals surface area contributed by atoms with Crippen LogP contribution >= 0.6 is 0 Å². The highest BCUT2D eigenvalue weighted by molar-refractivity contribution is 6.04. The summed E-state index contributed by atoms with van der Waals surface area (Å²) in [6.07, 6.45) is 0. The highest BCUT2D eigenvalue weighted by Crippen LogP contribution is 2.21. The second-order valence-corrected chi connectivity index (χ2v) is 4.08. The summed E-state index contributed by atoms with van der Waals surface area (Å²) in [5.41, 5.74) is 1.04. The summed E-state index contributed by atoms with van der Waals surface area (Å²) in [4.78, 5) is 22.1. The van der Waals surface area contributed by atoms with Crippen LogP contribution < -0.4 is 5.32 Å². The highest BCUT2D eigenvalue weighted by atomic mass is 16.4. The number of hydrogen-bond acceptors (Lipinski definition) is 2. The zero-order valence-corrected chi connectivity index (χ0v) is 9.93. The van der Waals surface area contributed by atoms with Gasteiger partial charge in [-0.2, -0.15) is 0 Å². The van der Waals surface area contributed by atoms with Gasteiger partial charge in [0.05, 0.1) is 5.56 Å². The molecule has 0 saturated carbocycles. The molecule has 4 nitrogen and oxygen atoms in total. The molecule has 0 aliphatic carbocycles. The minimum atomic E-state index is -0.962. The van der Waals surface area contributed by atoms with Gasteiger partial charge in [0, 0.05) is 13.5 Å². The monoisotopic (exact) mass is 243 g/mol. The van der Waals surface area contributed by atoms with E-state index in [-0.39, 0.29) is 11.5 Å². The van der Waals surface area contributed by atoms with E-state index in [1.165, 1.54) is 6.92 Å². The number of hydrogen-bond donors (Lipinski definition) is 2. The molecule has 1 amide bonds. The minimum Gasteiger partial charge on any atom is -0.478 e. The van der Waals surface area contributed by atoms with Crippen LogP contribution in [0.5, 0.6) is 0 Å². The molecule has 18 heavy (non-hydrogen) atoms. The smallest absolute Gasteiger partial charge is 0.336 e. The molecule has 2 aromatic carbocycles. The van der Waals surface area contributed by atoms with Crippen molar-refractivity contribution in [3.05, 3.63) is 47.5 Å². The van der Waals surface area contributed by atoms with Gasteiger partial charge in [-0.3, -0.25) is 4.79 Å². The number of rotatable bonds is 3. The van der Waals surface area contributed by atoms with E-state index in [4.69, 9.17) is 0 Å². The summed E-state index contributed by atoms with van der Waals surface area (Å²) >= 11 is 0. The van der Waals surface area contributed by atoms with Crippen molar-refractivity contribution >= 4 is 22.6 Å². The fourth-order valence-corrected chi connectivity index (χ4v) is 1.88. The molecule has 0 spiro atoms. The average Bonchev–Trinajstić information content (AvgIpc) is 2.35. The van der Waals surface area contributed by atoms with Crippen molar-refractivity contribution in [3.8, 4) is 0 Å². The number of benzene rings is 2. The van der Waals surface area contributed by atoms with E-state index in [9.17, 15) is 14.7 Å². The van der Waals surface area contributed by atoms with Crippen LogP contribution in [0.1, 0.15) is 22.8 Å². The first-order valence-corrected chi connectivity index (χ1v) is 5.57. The summed E-state index contributed by atoms with van der Waals surface area (Å²) in [6, 6.07) is 10.8. The summed E-state index contributed by atoms with van der Waals surface area (Å²) < 4.78 is 0. The van der Waals surface area contributed by atoms with Gasteiger partial charge in [-0.1, -0.05) is 24.3 Å². The lowest BCUT2D eigenvalue weighted by Gasteiger charge is -2.08. The molecule has 0 saturated heterocycles. The van der Waals surface area contributed by atoms with E-state index in [1.807, 2.05) is 24.3 Å². The Kier molecular flexibility index (Phi) is 3.28. The zero-order valence-electron chi connectivity index (χ0n) is 9.93. The maximum Gasteiger partial charge on any atom is 0.336 e. The number of carboxylic acid groups (broad SMARTS) is 1. The molecule has 0 radical (unpaired) electrons. The van der Waals surface area contributed by atoms with E-state index in [0.29, 0.717) is 11.9 Å². The summed E-state index contributed by atoms with van der Waals surface area (Å²) in [6.45, 7) is 1.76. The predicted octanol–water partition coefficient (Wildman–Crippen LogP) is 2.17. The number of carbonyl (C=O) groups is 2. The Labute approximate surface area is 104 Å². The molecule has 2 aromatic rings. The number of aromatic carboxylic acids is 1. The van der Waals surface area contributed by atoms with Crippen molar-refractivity contribution < 1.29 is 14.7 Å². The molecule has 2 rings (SSSR count). The molecule has 0 heterocycles. The Hall–Kier alpha value is -2.36. The van der Waals surface area contributed by atoms with Crippen molar-refractivity contribution in [1.82, 2.24) is 5.32 Å². The van der Waals surface area contributed by atoms with Crippen LogP contribution in [0.4, 0.5) is 0 Å². The van der Waals surface area contributed by atoms with Crippen LogP contribution in [0, 0.1) is 0 Å². The fraction of sp³-hybridized carbons (Fsp3) is 0.143. The Bertz CT molecular complexity index is 619. The van der Waals surface area contributed by atoms with Crippen LogP contribution in [0.25, 0.3) is 10.8 Å². The Balaban J connectivity index is 2.50.